The van der Waals surface area contributed by atoms with Crippen molar-refractivity contribution < 1.29 is 9.32 Å². The van der Waals surface area contributed by atoms with Crippen molar-refractivity contribution >= 4 is 17.2 Å². The monoisotopic (exact) mass is 402 g/mol. The van der Waals surface area contributed by atoms with Gasteiger partial charge in [-0.05, 0) is 50.2 Å². The van der Waals surface area contributed by atoms with Crippen LogP contribution in [-0.4, -0.2) is 46.1 Å². The van der Waals surface area contributed by atoms with E-state index >= 15 is 0 Å². The van der Waals surface area contributed by atoms with Crippen LogP contribution in [0.1, 0.15) is 63.7 Å². The van der Waals surface area contributed by atoms with Gasteiger partial charge in [0.15, 0.2) is 0 Å². The summed E-state index contributed by atoms with van der Waals surface area (Å²) >= 11 is 1.58. The van der Waals surface area contributed by atoms with Crippen molar-refractivity contribution in [1.29, 1.82) is 0 Å². The fourth-order valence-corrected chi connectivity index (χ4v) is 5.27. The average molecular weight is 403 g/mol. The summed E-state index contributed by atoms with van der Waals surface area (Å²) < 4.78 is 5.31. The highest BCUT2D eigenvalue weighted by molar-refractivity contribution is 7.13. The molecular weight excluding hydrogens is 372 g/mol. The second-order valence-corrected chi connectivity index (χ2v) is 9.05. The highest BCUT2D eigenvalue weighted by Crippen LogP contribution is 2.35. The summed E-state index contributed by atoms with van der Waals surface area (Å²) in [7, 11) is 0. The Morgan fingerprint density at radius 1 is 1.18 bits per heavy atom. The van der Waals surface area contributed by atoms with Crippen LogP contribution < -0.4 is 5.32 Å². The molecule has 4 rings (SSSR count). The molecule has 0 radical (unpaired) electrons. The highest BCUT2D eigenvalue weighted by Gasteiger charge is 2.38. The number of likely N-dealkylation sites (tertiary alicyclic amines) is 1. The fourth-order valence-electron chi connectivity index (χ4n) is 4.62. The molecule has 0 atom stereocenters. The number of nitrogens with zero attached hydrogens (tertiary/aromatic N) is 3. The van der Waals surface area contributed by atoms with Gasteiger partial charge in [-0.15, -0.1) is 11.3 Å². The number of nitrogens with one attached hydrogen (secondary N) is 1. The van der Waals surface area contributed by atoms with E-state index in [1.54, 1.807) is 11.3 Å². The number of aromatic nitrogens is 2. The Bertz CT molecular complexity index is 746. The van der Waals surface area contributed by atoms with E-state index in [1.165, 1.54) is 64.5 Å². The van der Waals surface area contributed by atoms with Crippen LogP contribution in [0.25, 0.3) is 10.7 Å². The van der Waals surface area contributed by atoms with E-state index in [0.29, 0.717) is 24.6 Å². The number of aryl methyl sites for hydroxylation is 1. The number of thiophene rings is 1. The lowest BCUT2D eigenvalue weighted by atomic mass is 9.79. The van der Waals surface area contributed by atoms with Gasteiger partial charge in [0, 0.05) is 24.9 Å². The Morgan fingerprint density at radius 3 is 2.71 bits per heavy atom. The predicted octanol–water partition coefficient (Wildman–Crippen LogP) is 4.04. The van der Waals surface area contributed by atoms with E-state index in [2.05, 4.69) is 20.4 Å². The fraction of sp³-hybridized carbons (Fsp3) is 0.667. The standard InChI is InChI=1S/C21H30N4O2S/c26-18(9-10-19-23-20(24-27-19)17-8-7-15-28-17)22-16-21(11-3-1-4-12-21)25-13-5-2-6-14-25/h7-8,15H,1-6,9-14,16H2,(H,22,26). The van der Waals surface area contributed by atoms with Crippen LogP contribution in [0.4, 0.5) is 0 Å². The molecule has 2 aliphatic rings. The molecule has 152 valence electrons. The lowest BCUT2D eigenvalue weighted by Gasteiger charge is -2.48. The van der Waals surface area contributed by atoms with Crippen molar-refractivity contribution in [3.05, 3.63) is 23.4 Å². The molecule has 28 heavy (non-hydrogen) atoms. The van der Waals surface area contributed by atoms with Crippen molar-refractivity contribution in [2.45, 2.75) is 69.7 Å². The molecule has 0 unspecified atom stereocenters. The normalized spacial score (nSPS) is 20.1. The first-order valence-corrected chi connectivity index (χ1v) is 11.5. The SMILES string of the molecule is O=C(CCc1nc(-c2cccs2)no1)NCC1(N2CCCCC2)CCCCC1. The summed E-state index contributed by atoms with van der Waals surface area (Å²) in [4.78, 5) is 20.6. The topological polar surface area (TPSA) is 71.3 Å². The first-order chi connectivity index (χ1) is 13.8. The van der Waals surface area contributed by atoms with E-state index < -0.39 is 0 Å². The maximum atomic E-state index is 12.5. The molecule has 1 saturated carbocycles. The first-order valence-electron chi connectivity index (χ1n) is 10.6. The number of hydrogen-bond donors (Lipinski definition) is 1. The highest BCUT2D eigenvalue weighted by atomic mass is 32.1. The molecule has 2 aromatic heterocycles. The maximum absolute atomic E-state index is 12.5. The number of piperidine rings is 1. The summed E-state index contributed by atoms with van der Waals surface area (Å²) in [6.07, 6.45) is 11.1. The van der Waals surface area contributed by atoms with Crippen LogP contribution in [0.5, 0.6) is 0 Å². The van der Waals surface area contributed by atoms with E-state index in [9.17, 15) is 4.79 Å². The third-order valence-corrected chi connectivity index (χ3v) is 7.07. The lowest BCUT2D eigenvalue weighted by Crippen LogP contribution is -2.58. The van der Waals surface area contributed by atoms with Gasteiger partial charge in [-0.25, -0.2) is 0 Å². The molecule has 7 heteroatoms. The van der Waals surface area contributed by atoms with Crippen molar-refractivity contribution in [2.75, 3.05) is 19.6 Å². The largest absolute Gasteiger partial charge is 0.354 e. The zero-order valence-corrected chi connectivity index (χ0v) is 17.3. The van der Waals surface area contributed by atoms with Crippen LogP contribution in [0, 0.1) is 0 Å². The molecule has 1 amide bonds. The second kappa shape index (κ2) is 9.18. The molecule has 3 heterocycles. The number of hydrogen-bond acceptors (Lipinski definition) is 6. The summed E-state index contributed by atoms with van der Waals surface area (Å²) in [5.74, 6) is 1.22. The van der Waals surface area contributed by atoms with Gasteiger partial charge >= 0.3 is 0 Å². The Morgan fingerprint density at radius 2 is 1.96 bits per heavy atom. The van der Waals surface area contributed by atoms with Crippen LogP contribution in [-0.2, 0) is 11.2 Å². The molecule has 2 fully saturated rings. The maximum Gasteiger partial charge on any atom is 0.227 e. The van der Waals surface area contributed by atoms with Gasteiger partial charge in [0.05, 0.1) is 4.88 Å². The summed E-state index contributed by atoms with van der Waals surface area (Å²) in [5, 5.41) is 9.23. The van der Waals surface area contributed by atoms with Crippen LogP contribution in [0.2, 0.25) is 0 Å². The summed E-state index contributed by atoms with van der Waals surface area (Å²) in [5.41, 5.74) is 0.172. The minimum Gasteiger partial charge on any atom is -0.354 e. The summed E-state index contributed by atoms with van der Waals surface area (Å²) in [6.45, 7) is 3.14. The molecule has 1 saturated heterocycles. The summed E-state index contributed by atoms with van der Waals surface area (Å²) in [6, 6.07) is 3.93. The van der Waals surface area contributed by atoms with Crippen molar-refractivity contribution in [3.63, 3.8) is 0 Å². The van der Waals surface area contributed by atoms with E-state index in [0.717, 1.165) is 11.4 Å². The van der Waals surface area contributed by atoms with E-state index in [-0.39, 0.29) is 11.4 Å². The van der Waals surface area contributed by atoms with Crippen molar-refractivity contribution in [3.8, 4) is 10.7 Å². The second-order valence-electron chi connectivity index (χ2n) is 8.10. The van der Waals surface area contributed by atoms with Crippen molar-refractivity contribution in [2.24, 2.45) is 0 Å². The smallest absolute Gasteiger partial charge is 0.227 e. The third kappa shape index (κ3) is 4.63. The zero-order valence-electron chi connectivity index (χ0n) is 16.5. The quantitative estimate of drug-likeness (QED) is 0.757. The van der Waals surface area contributed by atoms with Gasteiger partial charge in [0.25, 0.3) is 0 Å². The minimum atomic E-state index is 0.0813. The van der Waals surface area contributed by atoms with Crippen LogP contribution in [0.15, 0.2) is 22.0 Å². The first kappa shape index (κ1) is 19.6. The zero-order chi connectivity index (χ0) is 19.2. The molecule has 2 aromatic rings. The third-order valence-electron chi connectivity index (χ3n) is 6.20. The van der Waals surface area contributed by atoms with Gasteiger partial charge < -0.3 is 9.84 Å². The molecule has 1 aliphatic carbocycles. The molecule has 6 nitrogen and oxygen atoms in total. The Balaban J connectivity index is 1.29. The molecular formula is C21H30N4O2S. The Labute approximate surface area is 170 Å². The molecule has 1 aliphatic heterocycles. The Kier molecular flexibility index (Phi) is 6.42. The number of carbonyl (C=O) groups excluding carboxylic acids is 1. The van der Waals surface area contributed by atoms with Gasteiger partial charge in [-0.1, -0.05) is 36.9 Å². The van der Waals surface area contributed by atoms with Crippen molar-refractivity contribution in [1.82, 2.24) is 20.4 Å². The van der Waals surface area contributed by atoms with Gasteiger partial charge in [-0.2, -0.15) is 4.98 Å². The molecule has 0 aromatic carbocycles. The van der Waals surface area contributed by atoms with Gasteiger partial charge in [0.1, 0.15) is 0 Å². The van der Waals surface area contributed by atoms with Gasteiger partial charge in [0.2, 0.25) is 17.6 Å². The van der Waals surface area contributed by atoms with E-state index in [4.69, 9.17) is 4.52 Å². The van der Waals surface area contributed by atoms with E-state index in [1.807, 2.05) is 17.5 Å². The Hall–Kier alpha value is -1.73. The molecule has 0 bridgehead atoms. The number of rotatable bonds is 7. The van der Waals surface area contributed by atoms with Crippen LogP contribution in [0.3, 0.4) is 0 Å². The molecule has 1 N–H and O–H groups in total. The average Bonchev–Trinajstić information content (AvgIpc) is 3.44. The van der Waals surface area contributed by atoms with Crippen LogP contribution >= 0.6 is 11.3 Å². The number of carbonyl (C=O) groups is 1. The lowest BCUT2D eigenvalue weighted by molar-refractivity contribution is -0.122. The number of amides is 1. The predicted molar refractivity (Wildman–Crippen MR) is 110 cm³/mol. The molecule has 0 spiro atoms. The van der Waals surface area contributed by atoms with Gasteiger partial charge in [-0.3, -0.25) is 9.69 Å². The minimum absolute atomic E-state index is 0.0813.